The molecule has 0 aliphatic carbocycles. The van der Waals surface area contributed by atoms with E-state index in [1.54, 1.807) is 18.2 Å². The van der Waals surface area contributed by atoms with Crippen LogP contribution in [0.5, 0.6) is 0 Å². The van der Waals surface area contributed by atoms with Gasteiger partial charge in [-0.1, -0.05) is 12.1 Å². The molecule has 2 aromatic rings. The zero-order chi connectivity index (χ0) is 11.8. The average molecular weight is 229 g/mol. The number of nitrogens with zero attached hydrogens (tertiary/aromatic N) is 3. The molecule has 1 aromatic carbocycles. The lowest BCUT2D eigenvalue weighted by molar-refractivity contribution is 0.627. The van der Waals surface area contributed by atoms with E-state index in [0.717, 1.165) is 11.3 Å². The van der Waals surface area contributed by atoms with Gasteiger partial charge in [0.05, 0.1) is 12.3 Å². The Morgan fingerprint density at radius 3 is 2.65 bits per heavy atom. The number of benzene rings is 1. The van der Waals surface area contributed by atoms with Crippen LogP contribution in [0, 0.1) is 5.82 Å². The van der Waals surface area contributed by atoms with Crippen LogP contribution >= 0.6 is 0 Å². The minimum absolute atomic E-state index is 0.288. The molecule has 3 rings (SSSR count). The summed E-state index contributed by atoms with van der Waals surface area (Å²) in [6.07, 6.45) is 1.44. The van der Waals surface area contributed by atoms with Crippen molar-refractivity contribution in [3.8, 4) is 0 Å². The highest BCUT2D eigenvalue weighted by molar-refractivity contribution is 6.03. The highest BCUT2D eigenvalue weighted by Crippen LogP contribution is 2.19. The summed E-state index contributed by atoms with van der Waals surface area (Å²) in [5.74, 6) is 0.299. The summed E-state index contributed by atoms with van der Waals surface area (Å²) < 4.78 is 14.3. The summed E-state index contributed by atoms with van der Waals surface area (Å²) in [5.41, 5.74) is 1.24. The molecule has 4 nitrogen and oxygen atoms in total. The molecule has 84 valence electrons. The lowest BCUT2D eigenvalue weighted by Crippen LogP contribution is -2.22. The van der Waals surface area contributed by atoms with Crippen molar-refractivity contribution >= 4 is 11.5 Å². The first-order valence-electron chi connectivity index (χ1n) is 5.13. The Labute approximate surface area is 96.1 Å². The van der Waals surface area contributed by atoms with Crippen LogP contribution in [0.3, 0.4) is 0 Å². The SMILES string of the molecule is O=c1nccc2n1CC(c1ccc(F)cc1)=N2. The number of aromatic nitrogens is 2. The molecule has 0 bridgehead atoms. The molecule has 5 heteroatoms. The molecule has 2 heterocycles. The molecule has 0 radical (unpaired) electrons. The number of hydrogen-bond donors (Lipinski definition) is 0. The Bertz CT molecular complexity index is 658. The molecule has 0 saturated carbocycles. The molecule has 0 unspecified atom stereocenters. The van der Waals surface area contributed by atoms with Gasteiger partial charge in [0.25, 0.3) is 0 Å². The monoisotopic (exact) mass is 229 g/mol. The van der Waals surface area contributed by atoms with Gasteiger partial charge in [-0.25, -0.2) is 19.2 Å². The molecule has 17 heavy (non-hydrogen) atoms. The highest BCUT2D eigenvalue weighted by atomic mass is 19.1. The second-order valence-electron chi connectivity index (χ2n) is 3.74. The zero-order valence-corrected chi connectivity index (χ0v) is 8.80. The smallest absolute Gasteiger partial charge is 0.270 e. The zero-order valence-electron chi connectivity index (χ0n) is 8.80. The summed E-state index contributed by atoms with van der Waals surface area (Å²) in [4.78, 5) is 19.5. The van der Waals surface area contributed by atoms with Crippen molar-refractivity contribution in [2.24, 2.45) is 4.99 Å². The van der Waals surface area contributed by atoms with Gasteiger partial charge < -0.3 is 0 Å². The van der Waals surface area contributed by atoms with Crippen molar-refractivity contribution in [3.05, 3.63) is 58.4 Å². The minimum Gasteiger partial charge on any atom is -0.270 e. The van der Waals surface area contributed by atoms with Gasteiger partial charge in [-0.3, -0.25) is 4.57 Å². The molecular formula is C12H8FN3O. The molecule has 0 saturated heterocycles. The minimum atomic E-state index is -0.316. The van der Waals surface area contributed by atoms with Crippen LogP contribution in [0.1, 0.15) is 5.56 Å². The maximum atomic E-state index is 12.8. The molecule has 1 aliphatic heterocycles. The van der Waals surface area contributed by atoms with Gasteiger partial charge in [0, 0.05) is 6.20 Å². The Morgan fingerprint density at radius 2 is 1.94 bits per heavy atom. The topological polar surface area (TPSA) is 47.2 Å². The fraction of sp³-hybridized carbons (Fsp3) is 0.0833. The molecular weight excluding hydrogens is 221 g/mol. The lowest BCUT2D eigenvalue weighted by atomic mass is 10.1. The van der Waals surface area contributed by atoms with Crippen LogP contribution in [0.2, 0.25) is 0 Å². The van der Waals surface area contributed by atoms with E-state index in [2.05, 4.69) is 9.98 Å². The molecule has 0 fully saturated rings. The third-order valence-corrected chi connectivity index (χ3v) is 2.65. The van der Waals surface area contributed by atoms with Gasteiger partial charge in [-0.2, -0.15) is 0 Å². The van der Waals surface area contributed by atoms with Crippen LogP contribution < -0.4 is 5.69 Å². The van der Waals surface area contributed by atoms with Gasteiger partial charge >= 0.3 is 5.69 Å². The fourth-order valence-corrected chi connectivity index (χ4v) is 1.79. The summed E-state index contributed by atoms with van der Waals surface area (Å²) in [6, 6.07) is 7.73. The second kappa shape index (κ2) is 3.62. The normalized spacial score (nSPS) is 13.4. The van der Waals surface area contributed by atoms with Gasteiger partial charge in [-0.15, -0.1) is 0 Å². The predicted molar refractivity (Wildman–Crippen MR) is 61.1 cm³/mol. The Kier molecular flexibility index (Phi) is 2.11. The van der Waals surface area contributed by atoms with Crippen LogP contribution in [0.4, 0.5) is 10.2 Å². The number of rotatable bonds is 1. The quantitative estimate of drug-likeness (QED) is 0.744. The van der Waals surface area contributed by atoms with E-state index in [4.69, 9.17) is 0 Å². The molecule has 0 amide bonds. The third-order valence-electron chi connectivity index (χ3n) is 2.65. The van der Waals surface area contributed by atoms with Crippen molar-refractivity contribution in [3.63, 3.8) is 0 Å². The summed E-state index contributed by atoms with van der Waals surface area (Å²) in [6.45, 7) is 0.383. The van der Waals surface area contributed by atoms with E-state index in [-0.39, 0.29) is 11.5 Å². The largest absolute Gasteiger partial charge is 0.349 e. The van der Waals surface area contributed by atoms with E-state index in [9.17, 15) is 9.18 Å². The first kappa shape index (κ1) is 9.89. The number of fused-ring (bicyclic) bond motifs is 1. The van der Waals surface area contributed by atoms with E-state index < -0.39 is 0 Å². The summed E-state index contributed by atoms with van der Waals surface area (Å²) in [7, 11) is 0. The molecule has 1 aromatic heterocycles. The Hall–Kier alpha value is -2.30. The summed E-state index contributed by atoms with van der Waals surface area (Å²) in [5, 5.41) is 0. The van der Waals surface area contributed by atoms with Gasteiger partial charge in [0.2, 0.25) is 0 Å². The number of aliphatic imine (C=N–C) groups is 1. The lowest BCUT2D eigenvalue weighted by Gasteiger charge is -2.00. The maximum Gasteiger partial charge on any atom is 0.349 e. The van der Waals surface area contributed by atoms with Gasteiger partial charge in [-0.05, 0) is 23.8 Å². The fourth-order valence-electron chi connectivity index (χ4n) is 1.79. The second-order valence-corrected chi connectivity index (χ2v) is 3.74. The average Bonchev–Trinajstić information content (AvgIpc) is 2.75. The van der Waals surface area contributed by atoms with Crippen molar-refractivity contribution in [2.75, 3.05) is 0 Å². The van der Waals surface area contributed by atoms with Crippen molar-refractivity contribution < 1.29 is 4.39 Å². The first-order valence-corrected chi connectivity index (χ1v) is 5.13. The van der Waals surface area contributed by atoms with Crippen LogP contribution in [0.15, 0.2) is 46.3 Å². The van der Waals surface area contributed by atoms with Crippen molar-refractivity contribution in [2.45, 2.75) is 6.54 Å². The number of hydrogen-bond acceptors (Lipinski definition) is 3. The van der Waals surface area contributed by atoms with E-state index >= 15 is 0 Å². The van der Waals surface area contributed by atoms with Crippen LogP contribution in [-0.2, 0) is 6.54 Å². The predicted octanol–water partition coefficient (Wildman–Crippen LogP) is 1.52. The van der Waals surface area contributed by atoms with Gasteiger partial charge in [0.15, 0.2) is 0 Å². The standard InChI is InChI=1S/C12H8FN3O/c13-9-3-1-8(2-4-9)10-7-16-11(15-10)5-6-14-12(16)17/h1-6H,7H2. The Balaban J connectivity index is 2.03. The third kappa shape index (κ3) is 1.65. The molecule has 0 atom stereocenters. The summed E-state index contributed by atoms with van der Waals surface area (Å²) >= 11 is 0. The Morgan fingerprint density at radius 1 is 1.18 bits per heavy atom. The van der Waals surface area contributed by atoms with E-state index in [1.165, 1.54) is 22.9 Å². The molecule has 0 spiro atoms. The van der Waals surface area contributed by atoms with Crippen molar-refractivity contribution in [1.82, 2.24) is 9.55 Å². The maximum absolute atomic E-state index is 12.8. The van der Waals surface area contributed by atoms with E-state index in [0.29, 0.717) is 12.4 Å². The van der Waals surface area contributed by atoms with E-state index in [1.807, 2.05) is 0 Å². The molecule has 1 aliphatic rings. The van der Waals surface area contributed by atoms with Crippen molar-refractivity contribution in [1.29, 1.82) is 0 Å². The molecule has 0 N–H and O–H groups in total. The van der Waals surface area contributed by atoms with Crippen LogP contribution in [0.25, 0.3) is 0 Å². The van der Waals surface area contributed by atoms with Crippen LogP contribution in [-0.4, -0.2) is 15.3 Å². The highest BCUT2D eigenvalue weighted by Gasteiger charge is 2.16. The first-order chi connectivity index (χ1) is 8.24. The number of halogens is 1. The van der Waals surface area contributed by atoms with Gasteiger partial charge in [0.1, 0.15) is 11.6 Å².